The van der Waals surface area contributed by atoms with Crippen LogP contribution in [0.5, 0.6) is 0 Å². The van der Waals surface area contributed by atoms with Gasteiger partial charge < -0.3 is 9.13 Å². The Kier molecular flexibility index (Phi) is 13.7. The number of allylic oxidation sites excluding steroid dienone is 3. The van der Waals surface area contributed by atoms with Crippen molar-refractivity contribution in [3.8, 4) is 0 Å². The molecule has 4 nitrogen and oxygen atoms in total. The average molecular weight is 1010 g/mol. The summed E-state index contributed by atoms with van der Waals surface area (Å²) in [6.45, 7) is 23.9. The summed E-state index contributed by atoms with van der Waals surface area (Å²) < 4.78 is 5.79. The summed E-state index contributed by atoms with van der Waals surface area (Å²) in [6, 6.07) is 43.4. The van der Waals surface area contributed by atoms with Gasteiger partial charge in [-0.3, -0.25) is 0 Å². The number of hydrogen-bond acceptors (Lipinski definition) is 3. The van der Waals surface area contributed by atoms with Crippen LogP contribution in [0.4, 0.5) is 0 Å². The molecule has 4 aromatic carbocycles. The fourth-order valence-electron chi connectivity index (χ4n) is 15.2. The first-order valence-electron chi connectivity index (χ1n) is 28.0. The number of hydrogen-bond donors (Lipinski definition) is 0. The normalized spacial score (nSPS) is 19.2. The lowest BCUT2D eigenvalue weighted by Crippen LogP contribution is -2.71. The maximum atomic E-state index is 5.79. The average Bonchev–Trinajstić information content (AvgIpc) is 4.29. The molecule has 6 atom stereocenters. The van der Waals surface area contributed by atoms with E-state index in [1.807, 2.05) is 11.3 Å². The third-order valence-electron chi connectivity index (χ3n) is 18.1. The summed E-state index contributed by atoms with van der Waals surface area (Å²) in [4.78, 5) is 13.0. The Balaban J connectivity index is 1.49. The molecule has 1 fully saturated rings. The van der Waals surface area contributed by atoms with Gasteiger partial charge in [-0.15, -0.1) is 19.5 Å². The highest BCUT2D eigenvalue weighted by atomic mass is 32.1. The Morgan fingerprint density at radius 3 is 1.95 bits per heavy atom. The van der Waals surface area contributed by atoms with Crippen LogP contribution in [0.25, 0.3) is 22.8 Å². The topological polar surface area (TPSA) is 35.6 Å². The van der Waals surface area contributed by atoms with E-state index in [0.29, 0.717) is 8.19 Å². The maximum absolute atomic E-state index is 5.79. The molecular formula is C68H77N4PS. The van der Waals surface area contributed by atoms with Crippen molar-refractivity contribution < 1.29 is 0 Å². The number of thiophene rings is 1. The molecule has 0 radical (unpaired) electrons. The number of imidazole rings is 2. The van der Waals surface area contributed by atoms with Crippen molar-refractivity contribution in [3.63, 3.8) is 0 Å². The minimum Gasteiger partial charge on any atom is -0.327 e. The molecule has 6 heteroatoms. The maximum Gasteiger partial charge on any atom is 0.109 e. The number of rotatable bonds is 17. The highest BCUT2D eigenvalue weighted by Crippen LogP contribution is 2.76. The smallest absolute Gasteiger partial charge is 0.109 e. The lowest BCUT2D eigenvalue weighted by atomic mass is 9.42. The van der Waals surface area contributed by atoms with Crippen molar-refractivity contribution in [2.75, 3.05) is 0 Å². The largest absolute Gasteiger partial charge is 0.327 e. The van der Waals surface area contributed by atoms with Crippen LogP contribution in [0.1, 0.15) is 180 Å². The van der Waals surface area contributed by atoms with Gasteiger partial charge in [-0.25, -0.2) is 9.97 Å². The standard InChI is InChI=1S/C68H77N4PS/c1-11-14-28-60-70-48(8)43-72(60)68(54-23-16-17-24-54,65-50(13-3)38-40-74-65)67(64-46(6)37-39-73-64,63-57-27-20-19-25-55(57)49(9)61(63)52-35-31-45(5)32-36-52)66(10,71-42-47(7)69-59(71)21-12-2)62-56-26-18-15-22-53(56)41-58(62)51-33-29-44(4)30-34-51/h15,18-20,22,25-27,29-43,54,62-63,73H,11-14,16-17,21,23-24,28H2,1-10H3. The van der Waals surface area contributed by atoms with Crippen molar-refractivity contribution in [2.24, 2.45) is 5.92 Å². The molecule has 4 aromatic heterocycles. The van der Waals surface area contributed by atoms with Crippen LogP contribution in [0.15, 0.2) is 133 Å². The predicted molar refractivity (Wildman–Crippen MR) is 316 cm³/mol. The zero-order valence-corrected chi connectivity index (χ0v) is 47.6. The molecule has 1 saturated carbocycles. The molecule has 0 spiro atoms. The van der Waals surface area contributed by atoms with Crippen LogP contribution in [0.2, 0.25) is 0 Å². The van der Waals surface area contributed by atoms with Crippen LogP contribution in [0, 0.1) is 40.5 Å². The van der Waals surface area contributed by atoms with Crippen molar-refractivity contribution in [3.05, 3.63) is 222 Å². The van der Waals surface area contributed by atoms with E-state index < -0.39 is 16.5 Å². The summed E-state index contributed by atoms with van der Waals surface area (Å²) in [5.41, 5.74) is 17.8. The van der Waals surface area contributed by atoms with Crippen LogP contribution in [0.3, 0.4) is 0 Å². The molecule has 0 amide bonds. The first kappa shape index (κ1) is 50.4. The van der Waals surface area contributed by atoms with Gasteiger partial charge >= 0.3 is 0 Å². The molecule has 4 heterocycles. The Hall–Kier alpha value is -5.74. The van der Waals surface area contributed by atoms with Crippen molar-refractivity contribution in [1.82, 2.24) is 19.1 Å². The van der Waals surface area contributed by atoms with E-state index >= 15 is 0 Å². The van der Waals surface area contributed by atoms with Crippen molar-refractivity contribution in [2.45, 2.75) is 162 Å². The van der Waals surface area contributed by atoms with Crippen molar-refractivity contribution in [1.29, 1.82) is 0 Å². The molecule has 74 heavy (non-hydrogen) atoms. The van der Waals surface area contributed by atoms with E-state index in [0.717, 1.165) is 62.8 Å². The molecular weight excluding hydrogens is 936 g/mol. The number of benzene rings is 4. The monoisotopic (exact) mass is 1010 g/mol. The van der Waals surface area contributed by atoms with E-state index in [4.69, 9.17) is 9.97 Å². The minimum atomic E-state index is -0.770. The molecule has 0 N–H and O–H groups in total. The third kappa shape index (κ3) is 7.63. The fourth-order valence-corrected chi connectivity index (χ4v) is 18.2. The molecule has 3 aliphatic rings. The summed E-state index contributed by atoms with van der Waals surface area (Å²) in [5.74, 6) is 4.99. The first-order chi connectivity index (χ1) is 35.9. The van der Waals surface area contributed by atoms with Gasteiger partial charge in [-0.05, 0) is 170 Å². The number of aryl methyl sites for hydroxylation is 8. The quantitative estimate of drug-likeness (QED) is 0.0911. The van der Waals surface area contributed by atoms with Crippen LogP contribution in [-0.2, 0) is 35.8 Å². The Morgan fingerprint density at radius 2 is 1.30 bits per heavy atom. The second-order valence-corrected chi connectivity index (χ2v) is 24.5. The zero-order chi connectivity index (χ0) is 51.5. The number of fused-ring (bicyclic) bond motifs is 2. The molecule has 0 bridgehead atoms. The van der Waals surface area contributed by atoms with Gasteiger partial charge in [0.2, 0.25) is 0 Å². The Bertz CT molecular complexity index is 3380. The van der Waals surface area contributed by atoms with Gasteiger partial charge in [0.25, 0.3) is 0 Å². The molecule has 8 aromatic rings. The van der Waals surface area contributed by atoms with Crippen LogP contribution >= 0.6 is 19.5 Å². The third-order valence-corrected chi connectivity index (χ3v) is 20.6. The highest BCUT2D eigenvalue weighted by Gasteiger charge is 2.75. The van der Waals surface area contributed by atoms with E-state index in [1.54, 1.807) is 5.30 Å². The number of aromatic nitrogens is 4. The van der Waals surface area contributed by atoms with Gasteiger partial charge in [-0.2, -0.15) is 0 Å². The highest BCUT2D eigenvalue weighted by molar-refractivity contribution is 7.30. The van der Waals surface area contributed by atoms with E-state index in [2.05, 4.69) is 217 Å². The van der Waals surface area contributed by atoms with E-state index in [9.17, 15) is 0 Å². The minimum absolute atomic E-state index is 0.113. The van der Waals surface area contributed by atoms with Gasteiger partial charge in [0.05, 0.1) is 27.9 Å². The lowest BCUT2D eigenvalue weighted by molar-refractivity contribution is -0.0206. The number of nitrogens with zero attached hydrogens (tertiary/aromatic N) is 4. The molecule has 380 valence electrons. The Labute approximate surface area is 448 Å². The van der Waals surface area contributed by atoms with Gasteiger partial charge in [0.15, 0.2) is 0 Å². The summed E-state index contributed by atoms with van der Waals surface area (Å²) >= 11 is 2.05. The fraction of sp³-hybridized carbons (Fsp3) is 0.382. The SMILES string of the molecule is CCCCc1nc(C)cn1C(c1sccc1CC)(C1CCCC1)C(c1[pH]ccc1C)(C1C(c2ccc(C)cc2)=C(C)c2ccccc21)C(C)(C1C(c2ccc(C)cc2)=Cc2ccccc21)n1cc(C)nc1CCC. The second-order valence-electron chi connectivity index (χ2n) is 22.5. The summed E-state index contributed by atoms with van der Waals surface area (Å²) in [5, 5.41) is 4.04. The Morgan fingerprint density at radius 1 is 0.662 bits per heavy atom. The molecule has 3 aliphatic carbocycles. The van der Waals surface area contributed by atoms with Crippen LogP contribution in [-0.4, -0.2) is 19.1 Å². The zero-order valence-electron chi connectivity index (χ0n) is 45.8. The van der Waals surface area contributed by atoms with Gasteiger partial charge in [-0.1, -0.05) is 160 Å². The van der Waals surface area contributed by atoms with Crippen molar-refractivity contribution >= 4 is 42.3 Å². The molecule has 6 unspecified atom stereocenters. The molecule has 0 saturated heterocycles. The van der Waals surface area contributed by atoms with E-state index in [-0.39, 0.29) is 17.8 Å². The first-order valence-corrected chi connectivity index (χ1v) is 30.0. The summed E-state index contributed by atoms with van der Waals surface area (Å²) in [6.07, 6.45) is 18.3. The molecule has 0 aliphatic heterocycles. The molecule has 11 rings (SSSR count). The number of unbranched alkanes of at least 4 members (excludes halogenated alkanes) is 1. The lowest BCUT2D eigenvalue weighted by Gasteiger charge is -2.67. The van der Waals surface area contributed by atoms with Crippen LogP contribution < -0.4 is 0 Å². The predicted octanol–water partition coefficient (Wildman–Crippen LogP) is 17.9. The summed E-state index contributed by atoms with van der Waals surface area (Å²) in [7, 11) is 0.467. The van der Waals surface area contributed by atoms with E-state index in [1.165, 1.54) is 102 Å². The van der Waals surface area contributed by atoms with Gasteiger partial charge in [0, 0.05) is 41.9 Å². The second kappa shape index (κ2) is 20.1. The van der Waals surface area contributed by atoms with Gasteiger partial charge in [0.1, 0.15) is 11.6 Å².